The first-order valence-corrected chi connectivity index (χ1v) is 39.5. The first kappa shape index (κ1) is 93.7. The predicted octanol–water partition coefficient (Wildman–Crippen LogP) is 16.4. The van der Waals surface area contributed by atoms with E-state index >= 15 is 0 Å². The SMILES string of the molecule is CC(C)CC(C)(C)N(CC1CC1)C(=O)C(C)C.CC(C)C[C@@H](C)N(CC1CC1)C(=O)C(C)C.CC(C)C[C@@H](CO)N(CC1CC1)C(=O)C(C)C.CC(C)C[C@H](C)N(CC1CC1)C(=O)C(C)C.CC(C)C[C@H](CO)N(C)C(=O)C(C)C.CC(C)C[C@H](CO)N(CC1CC1)C(=O)C(C)C. The number of carbonyl (C=O) groups is 6. The minimum atomic E-state index is -0.0371. The molecule has 97 heavy (non-hydrogen) atoms. The van der Waals surface area contributed by atoms with Gasteiger partial charge in [0.25, 0.3) is 0 Å². The number of likely N-dealkylation sites (N-methyl/N-ethyl adjacent to an activating group) is 1. The summed E-state index contributed by atoms with van der Waals surface area (Å²) in [7, 11) is 1.77. The fourth-order valence-corrected chi connectivity index (χ4v) is 12.9. The molecular weight excluding hydrogens is 1210 g/mol. The number of hydrogen-bond donors (Lipinski definition) is 3. The Morgan fingerprint density at radius 1 is 0.309 bits per heavy atom. The molecule has 0 heterocycles. The molecule has 0 spiro atoms. The van der Waals surface area contributed by atoms with Crippen LogP contribution in [-0.2, 0) is 28.8 Å². The highest BCUT2D eigenvalue weighted by Crippen LogP contribution is 2.37. The number of aliphatic hydroxyl groups is 3. The van der Waals surface area contributed by atoms with Gasteiger partial charge in [0.05, 0.1) is 37.9 Å². The average molecular weight is 1370 g/mol. The van der Waals surface area contributed by atoms with E-state index in [2.05, 4.69) is 125 Å². The number of amides is 6. The van der Waals surface area contributed by atoms with Crippen molar-refractivity contribution in [2.24, 2.45) is 101 Å². The van der Waals surface area contributed by atoms with Gasteiger partial charge in [0, 0.05) is 92.9 Å². The third kappa shape index (κ3) is 40.8. The molecule has 15 nitrogen and oxygen atoms in total. The van der Waals surface area contributed by atoms with Gasteiger partial charge in [-0.2, -0.15) is 0 Å². The molecule has 0 aromatic carbocycles. The molecule has 5 rings (SSSR count). The van der Waals surface area contributed by atoms with Crippen LogP contribution in [0, 0.1) is 101 Å². The van der Waals surface area contributed by atoms with E-state index in [0.29, 0.717) is 77.1 Å². The molecule has 5 saturated carbocycles. The van der Waals surface area contributed by atoms with E-state index < -0.39 is 0 Å². The van der Waals surface area contributed by atoms with Gasteiger partial charge < -0.3 is 44.7 Å². The van der Waals surface area contributed by atoms with Crippen LogP contribution in [0.4, 0.5) is 0 Å². The van der Waals surface area contributed by atoms with Crippen LogP contribution >= 0.6 is 0 Å². The Labute approximate surface area is 598 Å². The van der Waals surface area contributed by atoms with Gasteiger partial charge in [0.2, 0.25) is 35.4 Å². The molecule has 0 saturated heterocycles. The van der Waals surface area contributed by atoms with Crippen molar-refractivity contribution < 1.29 is 44.1 Å². The van der Waals surface area contributed by atoms with E-state index in [4.69, 9.17) is 0 Å². The topological polar surface area (TPSA) is 183 Å². The van der Waals surface area contributed by atoms with E-state index in [-0.39, 0.29) is 96.7 Å². The molecule has 5 fully saturated rings. The van der Waals surface area contributed by atoms with Crippen LogP contribution in [0.2, 0.25) is 0 Å². The van der Waals surface area contributed by atoms with Crippen molar-refractivity contribution in [2.45, 2.75) is 332 Å². The van der Waals surface area contributed by atoms with Gasteiger partial charge in [0.15, 0.2) is 0 Å². The average Bonchev–Trinajstić information content (AvgIpc) is 1.48. The highest BCUT2D eigenvalue weighted by molar-refractivity contribution is 5.81. The van der Waals surface area contributed by atoms with Crippen LogP contribution in [-0.4, -0.2) is 176 Å². The van der Waals surface area contributed by atoms with Crippen molar-refractivity contribution >= 4 is 35.4 Å². The van der Waals surface area contributed by atoms with Gasteiger partial charge in [-0.3, -0.25) is 28.8 Å². The summed E-state index contributed by atoms with van der Waals surface area (Å²) >= 11 is 0. The van der Waals surface area contributed by atoms with E-state index in [1.807, 2.05) is 92.9 Å². The Kier molecular flexibility index (Phi) is 45.5. The monoisotopic (exact) mass is 1370 g/mol. The van der Waals surface area contributed by atoms with Gasteiger partial charge >= 0.3 is 0 Å². The summed E-state index contributed by atoms with van der Waals surface area (Å²) in [6.07, 6.45) is 18.8. The zero-order chi connectivity index (χ0) is 75.1. The lowest BCUT2D eigenvalue weighted by Crippen LogP contribution is -2.51. The van der Waals surface area contributed by atoms with Crippen molar-refractivity contribution in [3.05, 3.63) is 0 Å². The number of hydrogen-bond acceptors (Lipinski definition) is 9. The molecule has 5 atom stereocenters. The van der Waals surface area contributed by atoms with Gasteiger partial charge in [-0.05, 0) is 196 Å². The summed E-state index contributed by atoms with van der Waals surface area (Å²) in [5.41, 5.74) is -0.00188. The molecule has 0 bridgehead atoms. The minimum absolute atomic E-state index is 0.00112. The van der Waals surface area contributed by atoms with Crippen LogP contribution in [0.5, 0.6) is 0 Å². The number of aliphatic hydroxyl groups excluding tert-OH is 3. The third-order valence-corrected chi connectivity index (χ3v) is 19.1. The fraction of sp³-hybridized carbons (Fsp3) is 0.927. The zero-order valence-electron chi connectivity index (χ0n) is 68.6. The predicted molar refractivity (Wildman–Crippen MR) is 406 cm³/mol. The van der Waals surface area contributed by atoms with Gasteiger partial charge in [-0.15, -0.1) is 0 Å². The Morgan fingerprint density at radius 2 is 0.536 bits per heavy atom. The lowest BCUT2D eigenvalue weighted by molar-refractivity contribution is -0.141. The van der Waals surface area contributed by atoms with Gasteiger partial charge in [-0.1, -0.05) is 166 Å². The summed E-state index contributed by atoms with van der Waals surface area (Å²) in [5, 5.41) is 28.2. The molecule has 0 aromatic rings. The highest BCUT2D eigenvalue weighted by atomic mass is 16.3. The summed E-state index contributed by atoms with van der Waals surface area (Å²) in [6.45, 7) is 63.3. The third-order valence-electron chi connectivity index (χ3n) is 19.1. The molecule has 572 valence electrons. The van der Waals surface area contributed by atoms with Crippen LogP contribution in [0.25, 0.3) is 0 Å². The lowest BCUT2D eigenvalue weighted by Gasteiger charge is -2.41. The van der Waals surface area contributed by atoms with Crippen LogP contribution < -0.4 is 0 Å². The maximum Gasteiger partial charge on any atom is 0.225 e. The zero-order valence-corrected chi connectivity index (χ0v) is 68.6. The normalized spacial score (nSPS) is 16.9. The highest BCUT2D eigenvalue weighted by Gasteiger charge is 2.38. The Bertz CT molecular complexity index is 2070. The fourth-order valence-electron chi connectivity index (χ4n) is 12.9. The van der Waals surface area contributed by atoms with Crippen molar-refractivity contribution in [1.82, 2.24) is 29.4 Å². The second kappa shape index (κ2) is 47.1. The van der Waals surface area contributed by atoms with E-state index in [1.54, 1.807) is 11.9 Å². The van der Waals surface area contributed by atoms with Gasteiger partial charge in [0.1, 0.15) is 0 Å². The Hall–Kier alpha value is -3.30. The summed E-state index contributed by atoms with van der Waals surface area (Å²) in [4.78, 5) is 84.7. The first-order valence-electron chi connectivity index (χ1n) is 39.5. The Balaban J connectivity index is 0.00000114. The summed E-state index contributed by atoms with van der Waals surface area (Å²) < 4.78 is 0. The van der Waals surface area contributed by atoms with Gasteiger partial charge in [-0.25, -0.2) is 0 Å². The quantitative estimate of drug-likeness (QED) is 0.0545. The molecule has 15 heteroatoms. The molecule has 0 unspecified atom stereocenters. The smallest absolute Gasteiger partial charge is 0.225 e. The Morgan fingerprint density at radius 3 is 0.753 bits per heavy atom. The first-order chi connectivity index (χ1) is 44.9. The molecule has 0 radical (unpaired) electrons. The molecule has 6 amide bonds. The maximum absolute atomic E-state index is 12.4. The molecule has 3 N–H and O–H groups in total. The molecular formula is C82H160N6O9. The maximum atomic E-state index is 12.4. The van der Waals surface area contributed by atoms with Crippen molar-refractivity contribution in [3.8, 4) is 0 Å². The van der Waals surface area contributed by atoms with Crippen LogP contribution in [0.1, 0.15) is 297 Å². The molecule has 5 aliphatic carbocycles. The van der Waals surface area contributed by atoms with Crippen LogP contribution in [0.3, 0.4) is 0 Å². The largest absolute Gasteiger partial charge is 0.394 e. The number of carbonyl (C=O) groups excluding carboxylic acids is 6. The van der Waals surface area contributed by atoms with E-state index in [0.717, 1.165) is 89.0 Å². The number of rotatable bonds is 37. The summed E-state index contributed by atoms with van der Waals surface area (Å²) in [6, 6.07) is 0.770. The molecule has 0 aliphatic heterocycles. The standard InChI is InChI=1S/C15H29NO.2C14H27NO2.2C14H27NO.C11H23NO2/c1-11(2)9-15(5,6)16(10-13-7-8-13)14(17)12(3)4;2*1-10(2)7-13(9-16)15(8-12-5-6-12)14(17)11(3)4;2*1-10(2)8-12(5)15(9-13-6-7-13)14(16)11(3)4;1-8(2)6-10(7-13)12(5)11(14)9(3)4/h11-13H,7-10H2,1-6H3;2*10-13,16H,5-9H2,1-4H3;2*10-13H,6-9H2,1-5H3;8-10,13H,6-7H2,1-5H3/t;2*13-;2*12-;10-/m.10101/s1. The van der Waals surface area contributed by atoms with Crippen molar-refractivity contribution in [2.75, 3.05) is 59.6 Å². The summed E-state index contributed by atoms with van der Waals surface area (Å²) in [5.74, 6) is 9.07. The second-order valence-electron chi connectivity index (χ2n) is 35.8. The molecule has 5 aliphatic rings. The lowest BCUT2D eigenvalue weighted by atomic mass is 9.89. The minimum Gasteiger partial charge on any atom is -0.394 e. The van der Waals surface area contributed by atoms with Crippen molar-refractivity contribution in [3.63, 3.8) is 0 Å². The van der Waals surface area contributed by atoms with E-state index in [9.17, 15) is 44.1 Å². The van der Waals surface area contributed by atoms with E-state index in [1.165, 1.54) is 64.2 Å². The number of nitrogens with zero attached hydrogens (tertiary/aromatic N) is 6. The van der Waals surface area contributed by atoms with Crippen LogP contribution in [0.15, 0.2) is 0 Å². The second-order valence-corrected chi connectivity index (χ2v) is 35.8. The molecule has 0 aromatic heterocycles. The van der Waals surface area contributed by atoms with Crippen molar-refractivity contribution in [1.29, 1.82) is 0 Å².